The SMILES string of the molecule is O=C(/C=C/c1ccc(-c2ccc([N+](=O)[O-])cc2)o1)Nc1ccc(S(=O)(=O)NCc2ccccc2)cc1. The second kappa shape index (κ2) is 10.8. The van der Waals surface area contributed by atoms with E-state index in [9.17, 15) is 23.3 Å². The number of furan rings is 1. The third-order valence-corrected chi connectivity index (χ3v) is 6.55. The average Bonchev–Trinajstić information content (AvgIpc) is 3.36. The molecule has 10 heteroatoms. The van der Waals surface area contributed by atoms with Crippen LogP contribution >= 0.6 is 0 Å². The second-order valence-electron chi connectivity index (χ2n) is 7.66. The number of hydrogen-bond acceptors (Lipinski definition) is 6. The maximum Gasteiger partial charge on any atom is 0.269 e. The van der Waals surface area contributed by atoms with Gasteiger partial charge in [-0.2, -0.15) is 0 Å². The van der Waals surface area contributed by atoms with Crippen molar-refractivity contribution in [2.24, 2.45) is 0 Å². The number of nitro groups is 1. The van der Waals surface area contributed by atoms with Crippen LogP contribution < -0.4 is 10.0 Å². The van der Waals surface area contributed by atoms with E-state index in [1.54, 1.807) is 24.3 Å². The highest BCUT2D eigenvalue weighted by Crippen LogP contribution is 2.25. The predicted molar refractivity (Wildman–Crippen MR) is 135 cm³/mol. The van der Waals surface area contributed by atoms with Crippen LogP contribution in [0.2, 0.25) is 0 Å². The Labute approximate surface area is 207 Å². The summed E-state index contributed by atoms with van der Waals surface area (Å²) >= 11 is 0. The molecule has 0 atom stereocenters. The lowest BCUT2D eigenvalue weighted by Gasteiger charge is -2.08. The molecule has 1 aromatic heterocycles. The van der Waals surface area contributed by atoms with Gasteiger partial charge in [0.15, 0.2) is 0 Å². The largest absolute Gasteiger partial charge is 0.457 e. The molecule has 0 saturated carbocycles. The topological polar surface area (TPSA) is 132 Å². The van der Waals surface area contributed by atoms with Gasteiger partial charge in [-0.25, -0.2) is 13.1 Å². The number of carbonyl (C=O) groups is 1. The number of amides is 1. The molecule has 182 valence electrons. The van der Waals surface area contributed by atoms with Crippen molar-refractivity contribution in [2.45, 2.75) is 11.4 Å². The van der Waals surface area contributed by atoms with Crippen LogP contribution in [0, 0.1) is 10.1 Å². The number of sulfonamides is 1. The van der Waals surface area contributed by atoms with Gasteiger partial charge in [0, 0.05) is 36.0 Å². The zero-order chi connectivity index (χ0) is 25.5. The maximum absolute atomic E-state index is 12.5. The molecule has 1 amide bonds. The Bertz CT molecular complexity index is 1490. The second-order valence-corrected chi connectivity index (χ2v) is 9.43. The third kappa shape index (κ3) is 6.32. The number of non-ortho nitro benzene ring substituents is 1. The number of nitro benzene ring substituents is 1. The quantitative estimate of drug-likeness (QED) is 0.188. The van der Waals surface area contributed by atoms with Gasteiger partial charge in [0.25, 0.3) is 5.69 Å². The average molecular weight is 504 g/mol. The fourth-order valence-corrected chi connectivity index (χ4v) is 4.28. The molecule has 1 heterocycles. The molecular formula is C26H21N3O6S. The van der Waals surface area contributed by atoms with Gasteiger partial charge in [-0.3, -0.25) is 14.9 Å². The monoisotopic (exact) mass is 503 g/mol. The molecule has 36 heavy (non-hydrogen) atoms. The Kier molecular flexibility index (Phi) is 7.38. The van der Waals surface area contributed by atoms with Crippen LogP contribution in [-0.4, -0.2) is 19.2 Å². The molecule has 0 aliphatic rings. The van der Waals surface area contributed by atoms with Crippen LogP contribution in [0.25, 0.3) is 17.4 Å². The van der Waals surface area contributed by atoms with E-state index >= 15 is 0 Å². The molecule has 4 aromatic rings. The van der Waals surface area contributed by atoms with Gasteiger partial charge in [-0.05, 0) is 60.2 Å². The van der Waals surface area contributed by atoms with Gasteiger partial charge in [-0.15, -0.1) is 0 Å². The molecule has 3 aromatic carbocycles. The van der Waals surface area contributed by atoms with E-state index in [0.717, 1.165) is 5.56 Å². The van der Waals surface area contributed by atoms with Crippen LogP contribution in [0.15, 0.2) is 106 Å². The lowest BCUT2D eigenvalue weighted by molar-refractivity contribution is -0.384. The summed E-state index contributed by atoms with van der Waals surface area (Å²) in [6.07, 6.45) is 2.76. The van der Waals surface area contributed by atoms with E-state index in [-0.39, 0.29) is 17.1 Å². The molecule has 9 nitrogen and oxygen atoms in total. The van der Waals surface area contributed by atoms with Crippen molar-refractivity contribution in [1.29, 1.82) is 0 Å². The van der Waals surface area contributed by atoms with Crippen LogP contribution in [-0.2, 0) is 21.4 Å². The smallest absolute Gasteiger partial charge is 0.269 e. The molecule has 0 aliphatic heterocycles. The van der Waals surface area contributed by atoms with Crippen molar-refractivity contribution >= 4 is 33.4 Å². The summed E-state index contributed by atoms with van der Waals surface area (Å²) in [6.45, 7) is 0.172. The summed E-state index contributed by atoms with van der Waals surface area (Å²) in [7, 11) is -3.70. The van der Waals surface area contributed by atoms with Gasteiger partial charge in [0.1, 0.15) is 11.5 Å². The standard InChI is InChI=1S/C26H21N3O6S/c30-26(17-13-23-12-16-25(35-23)20-6-10-22(11-7-20)29(31)32)28-21-8-14-24(15-9-21)36(33,34)27-18-19-4-2-1-3-5-19/h1-17,27H,18H2,(H,28,30)/b17-13+. The van der Waals surface area contributed by atoms with Gasteiger partial charge >= 0.3 is 0 Å². The first kappa shape index (κ1) is 24.6. The van der Waals surface area contributed by atoms with Crippen LogP contribution in [0.3, 0.4) is 0 Å². The van der Waals surface area contributed by atoms with Crippen molar-refractivity contribution in [3.05, 3.63) is 119 Å². The minimum Gasteiger partial charge on any atom is -0.457 e. The molecule has 0 saturated heterocycles. The highest BCUT2D eigenvalue weighted by molar-refractivity contribution is 7.89. The maximum atomic E-state index is 12.5. The number of carbonyl (C=O) groups excluding carboxylic acids is 1. The Balaban J connectivity index is 1.33. The summed E-state index contributed by atoms with van der Waals surface area (Å²) in [5.74, 6) is 0.494. The van der Waals surface area contributed by atoms with Crippen LogP contribution in [0.1, 0.15) is 11.3 Å². The first-order valence-electron chi connectivity index (χ1n) is 10.8. The third-order valence-electron chi connectivity index (χ3n) is 5.13. The summed E-state index contributed by atoms with van der Waals surface area (Å²) in [4.78, 5) is 22.7. The minimum absolute atomic E-state index is 0.0174. The lowest BCUT2D eigenvalue weighted by atomic mass is 10.1. The Morgan fingerprint density at radius 3 is 2.28 bits per heavy atom. The lowest BCUT2D eigenvalue weighted by Crippen LogP contribution is -2.23. The number of nitrogens with one attached hydrogen (secondary N) is 2. The zero-order valence-electron chi connectivity index (χ0n) is 18.8. The molecule has 0 aliphatic carbocycles. The van der Waals surface area contributed by atoms with Gasteiger partial charge in [0.2, 0.25) is 15.9 Å². The number of benzene rings is 3. The first-order chi connectivity index (χ1) is 17.3. The van der Waals surface area contributed by atoms with Crippen molar-refractivity contribution in [3.63, 3.8) is 0 Å². The highest BCUT2D eigenvalue weighted by atomic mass is 32.2. The van der Waals surface area contributed by atoms with E-state index in [4.69, 9.17) is 4.42 Å². The van der Waals surface area contributed by atoms with E-state index in [2.05, 4.69) is 10.0 Å². The summed E-state index contributed by atoms with van der Waals surface area (Å²) in [5, 5.41) is 13.4. The Morgan fingerprint density at radius 2 is 1.61 bits per heavy atom. The van der Waals surface area contributed by atoms with Crippen LogP contribution in [0.4, 0.5) is 11.4 Å². The van der Waals surface area contributed by atoms with Crippen LogP contribution in [0.5, 0.6) is 0 Å². The molecular weight excluding hydrogens is 482 g/mol. The van der Waals surface area contributed by atoms with E-state index in [1.165, 1.54) is 48.6 Å². The first-order valence-corrected chi connectivity index (χ1v) is 12.3. The Hall–Kier alpha value is -4.54. The number of hydrogen-bond donors (Lipinski definition) is 2. The highest BCUT2D eigenvalue weighted by Gasteiger charge is 2.14. The van der Waals surface area contributed by atoms with Crippen molar-refractivity contribution in [1.82, 2.24) is 4.72 Å². The molecule has 0 spiro atoms. The van der Waals surface area contributed by atoms with Crippen molar-refractivity contribution < 1.29 is 22.6 Å². The zero-order valence-corrected chi connectivity index (χ0v) is 19.6. The molecule has 0 bridgehead atoms. The molecule has 0 unspecified atom stereocenters. The van der Waals surface area contributed by atoms with E-state index in [1.807, 2.05) is 30.3 Å². The van der Waals surface area contributed by atoms with Gasteiger partial charge in [0.05, 0.1) is 9.82 Å². The van der Waals surface area contributed by atoms with Gasteiger partial charge in [-0.1, -0.05) is 30.3 Å². The Morgan fingerprint density at radius 1 is 0.917 bits per heavy atom. The summed E-state index contributed by atoms with van der Waals surface area (Å²) < 4.78 is 33.2. The van der Waals surface area contributed by atoms with Crippen molar-refractivity contribution in [2.75, 3.05) is 5.32 Å². The van der Waals surface area contributed by atoms with E-state index in [0.29, 0.717) is 22.8 Å². The number of anilines is 1. The van der Waals surface area contributed by atoms with Gasteiger partial charge < -0.3 is 9.73 Å². The number of rotatable bonds is 9. The summed E-state index contributed by atoms with van der Waals surface area (Å²) in [6, 6.07) is 24.3. The van der Waals surface area contributed by atoms with E-state index < -0.39 is 20.9 Å². The summed E-state index contributed by atoms with van der Waals surface area (Å²) in [5.41, 5.74) is 1.92. The minimum atomic E-state index is -3.70. The van der Waals surface area contributed by atoms with Crippen molar-refractivity contribution in [3.8, 4) is 11.3 Å². The molecule has 4 rings (SSSR count). The number of nitrogens with zero attached hydrogens (tertiary/aromatic N) is 1. The normalized spacial score (nSPS) is 11.4. The molecule has 0 fully saturated rings. The fraction of sp³-hybridized carbons (Fsp3) is 0.0385. The predicted octanol–water partition coefficient (Wildman–Crippen LogP) is 4.99. The molecule has 0 radical (unpaired) electrons. The molecule has 2 N–H and O–H groups in total. The fourth-order valence-electron chi connectivity index (χ4n) is 3.26.